The number of benzene rings is 1. The topological polar surface area (TPSA) is 92.5 Å². The Hall–Kier alpha value is -3.13. The van der Waals surface area contributed by atoms with Crippen LogP contribution in [0.5, 0.6) is 0 Å². The molecule has 0 unspecified atom stereocenters. The van der Waals surface area contributed by atoms with Crippen LogP contribution < -0.4 is 9.62 Å². The van der Waals surface area contributed by atoms with E-state index in [2.05, 4.69) is 9.71 Å². The molecule has 1 aliphatic rings. The van der Waals surface area contributed by atoms with E-state index in [4.69, 9.17) is 4.42 Å². The molecular formula is C19H17N3O4S. The van der Waals surface area contributed by atoms with E-state index in [1.165, 1.54) is 24.5 Å². The van der Waals surface area contributed by atoms with Crippen LogP contribution in [0.1, 0.15) is 22.5 Å². The van der Waals surface area contributed by atoms with Gasteiger partial charge in [-0.15, -0.1) is 0 Å². The number of carbonyl (C=O) groups is 1. The molecule has 138 valence electrons. The fourth-order valence-electron chi connectivity index (χ4n) is 3.09. The van der Waals surface area contributed by atoms with Crippen molar-refractivity contribution in [3.05, 3.63) is 72.2 Å². The largest absolute Gasteiger partial charge is 0.438 e. The first-order valence-corrected chi connectivity index (χ1v) is 9.95. The molecule has 1 aromatic carbocycles. The molecule has 27 heavy (non-hydrogen) atoms. The standard InChI is InChI=1S/C19H17N3O4S/c23-19(22-12-4-6-14-5-1-2-8-16(14)22)17-9-10-18(26-17)27(24,25)21-15-7-3-11-20-13-15/h1-3,5,7-11,13,21H,4,6,12H2. The Kier molecular flexibility index (Phi) is 4.41. The van der Waals surface area contributed by atoms with Crippen LogP contribution >= 0.6 is 0 Å². The third-order valence-corrected chi connectivity index (χ3v) is 5.58. The molecule has 0 saturated carbocycles. The quantitative estimate of drug-likeness (QED) is 0.747. The minimum absolute atomic E-state index is 0.0155. The van der Waals surface area contributed by atoms with Crippen molar-refractivity contribution in [3.63, 3.8) is 0 Å². The number of anilines is 2. The van der Waals surface area contributed by atoms with E-state index in [0.717, 1.165) is 24.1 Å². The number of nitrogens with zero attached hydrogens (tertiary/aromatic N) is 2. The van der Waals surface area contributed by atoms with Crippen molar-refractivity contribution in [2.45, 2.75) is 17.9 Å². The molecule has 1 aliphatic heterocycles. The molecular weight excluding hydrogens is 366 g/mol. The lowest BCUT2D eigenvalue weighted by molar-refractivity contribution is 0.0953. The van der Waals surface area contributed by atoms with Gasteiger partial charge in [0, 0.05) is 18.4 Å². The fraction of sp³-hybridized carbons (Fsp3) is 0.158. The second-order valence-electron chi connectivity index (χ2n) is 6.15. The summed E-state index contributed by atoms with van der Waals surface area (Å²) in [6.45, 7) is 0.562. The average Bonchev–Trinajstić information content (AvgIpc) is 3.19. The van der Waals surface area contributed by atoms with Gasteiger partial charge in [-0.25, -0.2) is 0 Å². The van der Waals surface area contributed by atoms with Gasteiger partial charge in [-0.3, -0.25) is 14.5 Å². The van der Waals surface area contributed by atoms with Gasteiger partial charge in [-0.1, -0.05) is 18.2 Å². The molecule has 4 rings (SSSR count). The number of sulfonamides is 1. The average molecular weight is 383 g/mol. The number of amides is 1. The zero-order valence-electron chi connectivity index (χ0n) is 14.3. The summed E-state index contributed by atoms with van der Waals surface area (Å²) in [6.07, 6.45) is 4.68. The predicted octanol–water partition coefficient (Wildman–Crippen LogP) is 3.07. The maximum atomic E-state index is 12.9. The minimum atomic E-state index is -3.94. The number of hydrogen-bond donors (Lipinski definition) is 1. The summed E-state index contributed by atoms with van der Waals surface area (Å²) in [4.78, 5) is 18.4. The number of aromatic nitrogens is 1. The summed E-state index contributed by atoms with van der Waals surface area (Å²) in [6, 6.07) is 13.5. The van der Waals surface area contributed by atoms with Crippen LogP contribution in [0, 0.1) is 0 Å². The molecule has 1 amide bonds. The summed E-state index contributed by atoms with van der Waals surface area (Å²) in [5.74, 6) is -0.372. The normalized spacial score (nSPS) is 13.9. The van der Waals surface area contributed by atoms with Crippen LogP contribution in [0.25, 0.3) is 0 Å². The number of hydrogen-bond acceptors (Lipinski definition) is 5. The zero-order chi connectivity index (χ0) is 18.9. The first-order chi connectivity index (χ1) is 13.0. The zero-order valence-corrected chi connectivity index (χ0v) is 15.1. The first kappa shape index (κ1) is 17.3. The molecule has 8 heteroatoms. The monoisotopic (exact) mass is 383 g/mol. The number of carbonyl (C=O) groups excluding carboxylic acids is 1. The molecule has 7 nitrogen and oxygen atoms in total. The Morgan fingerprint density at radius 3 is 2.78 bits per heavy atom. The van der Waals surface area contributed by atoms with E-state index in [9.17, 15) is 13.2 Å². The lowest BCUT2D eigenvalue weighted by Gasteiger charge is -2.28. The lowest BCUT2D eigenvalue weighted by Crippen LogP contribution is -2.35. The van der Waals surface area contributed by atoms with Crippen molar-refractivity contribution in [2.75, 3.05) is 16.2 Å². The number of rotatable bonds is 4. The van der Waals surface area contributed by atoms with Crippen molar-refractivity contribution in [3.8, 4) is 0 Å². The van der Waals surface area contributed by atoms with E-state index in [-0.39, 0.29) is 16.8 Å². The molecule has 0 saturated heterocycles. The maximum absolute atomic E-state index is 12.9. The van der Waals surface area contributed by atoms with Crippen molar-refractivity contribution < 1.29 is 17.6 Å². The van der Waals surface area contributed by atoms with Crippen molar-refractivity contribution >= 4 is 27.3 Å². The maximum Gasteiger partial charge on any atom is 0.295 e. The van der Waals surface area contributed by atoms with E-state index in [0.29, 0.717) is 12.2 Å². The van der Waals surface area contributed by atoms with Gasteiger partial charge in [0.05, 0.1) is 11.9 Å². The molecule has 0 fully saturated rings. The molecule has 0 bridgehead atoms. The molecule has 1 N–H and O–H groups in total. The molecule has 0 atom stereocenters. The SMILES string of the molecule is O=C(c1ccc(S(=O)(=O)Nc2cccnc2)o1)N1CCCc2ccccc21. The van der Waals surface area contributed by atoms with Gasteiger partial charge in [-0.2, -0.15) is 8.42 Å². The van der Waals surface area contributed by atoms with Gasteiger partial charge in [0.1, 0.15) is 0 Å². The van der Waals surface area contributed by atoms with Gasteiger partial charge >= 0.3 is 0 Å². The van der Waals surface area contributed by atoms with Gasteiger partial charge in [0.15, 0.2) is 5.76 Å². The van der Waals surface area contributed by atoms with E-state index in [1.54, 1.807) is 17.0 Å². The summed E-state index contributed by atoms with van der Waals surface area (Å²) in [5.41, 5.74) is 2.24. The summed E-state index contributed by atoms with van der Waals surface area (Å²) in [5, 5.41) is -0.319. The Bertz CT molecular complexity index is 1080. The Morgan fingerprint density at radius 2 is 1.96 bits per heavy atom. The lowest BCUT2D eigenvalue weighted by atomic mass is 10.0. The van der Waals surface area contributed by atoms with Gasteiger partial charge < -0.3 is 9.32 Å². The second-order valence-corrected chi connectivity index (χ2v) is 7.77. The third kappa shape index (κ3) is 3.43. The number of aryl methyl sites for hydroxylation is 1. The second kappa shape index (κ2) is 6.88. The predicted molar refractivity (Wildman–Crippen MR) is 100 cm³/mol. The molecule has 0 spiro atoms. The summed E-state index contributed by atoms with van der Waals surface area (Å²) < 4.78 is 32.7. The van der Waals surface area contributed by atoms with Crippen molar-refractivity contribution in [1.82, 2.24) is 4.98 Å². The highest BCUT2D eigenvalue weighted by Gasteiger charge is 2.27. The number of fused-ring (bicyclic) bond motifs is 1. The van der Waals surface area contributed by atoms with Crippen LogP contribution in [0.2, 0.25) is 0 Å². The van der Waals surface area contributed by atoms with Gasteiger partial charge in [0.2, 0.25) is 5.09 Å². The van der Waals surface area contributed by atoms with Crippen molar-refractivity contribution in [1.29, 1.82) is 0 Å². The number of nitrogens with one attached hydrogen (secondary N) is 1. The molecule has 3 aromatic rings. The van der Waals surface area contributed by atoms with Gasteiger partial charge in [-0.05, 0) is 48.7 Å². The minimum Gasteiger partial charge on any atom is -0.438 e. The van der Waals surface area contributed by atoms with Crippen LogP contribution in [0.3, 0.4) is 0 Å². The smallest absolute Gasteiger partial charge is 0.295 e. The van der Waals surface area contributed by atoms with Crippen LogP contribution in [-0.2, 0) is 16.4 Å². The molecule has 0 aliphatic carbocycles. The fourth-order valence-corrected chi connectivity index (χ4v) is 4.06. The molecule has 2 aromatic heterocycles. The van der Waals surface area contributed by atoms with E-state index < -0.39 is 10.0 Å². The van der Waals surface area contributed by atoms with E-state index >= 15 is 0 Å². The third-order valence-electron chi connectivity index (χ3n) is 4.33. The highest BCUT2D eigenvalue weighted by molar-refractivity contribution is 7.92. The summed E-state index contributed by atoms with van der Waals surface area (Å²) in [7, 11) is -3.94. The van der Waals surface area contributed by atoms with E-state index in [1.807, 2.05) is 24.3 Å². The highest BCUT2D eigenvalue weighted by Crippen LogP contribution is 2.29. The van der Waals surface area contributed by atoms with Crippen LogP contribution in [-0.4, -0.2) is 25.9 Å². The van der Waals surface area contributed by atoms with Crippen LogP contribution in [0.15, 0.2) is 70.4 Å². The number of pyridine rings is 1. The van der Waals surface area contributed by atoms with Gasteiger partial charge in [0.25, 0.3) is 15.9 Å². The summed E-state index contributed by atoms with van der Waals surface area (Å²) >= 11 is 0. The Morgan fingerprint density at radius 1 is 1.11 bits per heavy atom. The molecule has 3 heterocycles. The Balaban J connectivity index is 1.59. The number of para-hydroxylation sites is 1. The van der Waals surface area contributed by atoms with Crippen molar-refractivity contribution in [2.24, 2.45) is 0 Å². The first-order valence-electron chi connectivity index (χ1n) is 8.47. The Labute approximate surface area is 156 Å². The molecule has 0 radical (unpaired) electrons. The number of furan rings is 1. The highest BCUT2D eigenvalue weighted by atomic mass is 32.2. The van der Waals surface area contributed by atoms with Crippen LogP contribution in [0.4, 0.5) is 11.4 Å².